The Hall–Kier alpha value is -2.73. The number of esters is 1. The minimum Gasteiger partial charge on any atom is -0.453 e. The van der Waals surface area contributed by atoms with E-state index in [2.05, 4.69) is 5.32 Å². The van der Waals surface area contributed by atoms with E-state index >= 15 is 0 Å². The highest BCUT2D eigenvalue weighted by molar-refractivity contribution is 5.89. The molecule has 1 saturated heterocycles. The van der Waals surface area contributed by atoms with Crippen LogP contribution in [0, 0.1) is 0 Å². The average Bonchev–Trinajstić information content (AvgIpc) is 2.65. The molecule has 0 bridgehead atoms. The van der Waals surface area contributed by atoms with Crippen LogP contribution in [0.3, 0.4) is 0 Å². The van der Waals surface area contributed by atoms with Crippen LogP contribution in [-0.2, 0) is 16.1 Å². The predicted molar refractivity (Wildman–Crippen MR) is 99.9 cm³/mol. The van der Waals surface area contributed by atoms with Gasteiger partial charge in [0, 0.05) is 26.6 Å². The van der Waals surface area contributed by atoms with E-state index in [1.165, 1.54) is 6.92 Å². The molecule has 1 heterocycles. The van der Waals surface area contributed by atoms with Gasteiger partial charge in [-0.15, -0.1) is 0 Å². The first-order valence-electron chi connectivity index (χ1n) is 8.96. The fourth-order valence-electron chi connectivity index (χ4n) is 3.34. The summed E-state index contributed by atoms with van der Waals surface area (Å²) in [5.41, 5.74) is 1.42. The summed E-state index contributed by atoms with van der Waals surface area (Å²) in [5.74, 6) is -0.871. The van der Waals surface area contributed by atoms with Gasteiger partial charge in [-0.1, -0.05) is 48.5 Å². The van der Waals surface area contributed by atoms with Crippen LogP contribution < -0.4 is 5.32 Å². The number of halogens is 1. The van der Waals surface area contributed by atoms with Crippen molar-refractivity contribution in [2.45, 2.75) is 31.8 Å². The van der Waals surface area contributed by atoms with E-state index in [4.69, 9.17) is 4.74 Å². The molecule has 3 atom stereocenters. The zero-order valence-corrected chi connectivity index (χ0v) is 15.2. The number of hydrogen-bond acceptors (Lipinski definition) is 4. The van der Waals surface area contributed by atoms with Gasteiger partial charge >= 0.3 is 5.97 Å². The van der Waals surface area contributed by atoms with Gasteiger partial charge in [0.25, 0.3) is 0 Å². The van der Waals surface area contributed by atoms with E-state index in [1.807, 2.05) is 35.2 Å². The summed E-state index contributed by atoms with van der Waals surface area (Å²) >= 11 is 0. The molecule has 2 aromatic carbocycles. The second kappa shape index (κ2) is 8.77. The van der Waals surface area contributed by atoms with E-state index < -0.39 is 24.3 Å². The number of carbonyl (C=O) groups is 2. The van der Waals surface area contributed by atoms with Gasteiger partial charge in [0.15, 0.2) is 12.3 Å². The van der Waals surface area contributed by atoms with E-state index in [9.17, 15) is 14.0 Å². The molecule has 1 aliphatic heterocycles. The van der Waals surface area contributed by atoms with Gasteiger partial charge in [0.05, 0.1) is 11.6 Å². The minimum absolute atomic E-state index is 0.137. The largest absolute Gasteiger partial charge is 0.453 e. The molecule has 2 aromatic rings. The molecular formula is C21H23FN2O3. The summed E-state index contributed by atoms with van der Waals surface area (Å²) in [6.07, 6.45) is -2.42. The number of amides is 1. The third-order valence-electron chi connectivity index (χ3n) is 4.53. The molecule has 0 aliphatic carbocycles. The maximum Gasteiger partial charge on any atom is 0.338 e. The van der Waals surface area contributed by atoms with Crippen molar-refractivity contribution in [3.8, 4) is 0 Å². The summed E-state index contributed by atoms with van der Waals surface area (Å²) in [5, 5.41) is 2.74. The number of nitrogens with one attached hydrogen (secondary N) is 1. The van der Waals surface area contributed by atoms with E-state index in [0.29, 0.717) is 18.7 Å². The Kier molecular flexibility index (Phi) is 6.19. The number of nitrogens with zero attached hydrogens (tertiary/aromatic N) is 1. The van der Waals surface area contributed by atoms with Gasteiger partial charge in [-0.05, 0) is 17.7 Å². The van der Waals surface area contributed by atoms with Crippen molar-refractivity contribution in [3.05, 3.63) is 71.8 Å². The van der Waals surface area contributed by atoms with Crippen molar-refractivity contribution < 1.29 is 18.7 Å². The zero-order valence-electron chi connectivity index (χ0n) is 15.2. The lowest BCUT2D eigenvalue weighted by Gasteiger charge is -2.40. The topological polar surface area (TPSA) is 58.6 Å². The molecule has 0 spiro atoms. The molecule has 0 unspecified atom stereocenters. The van der Waals surface area contributed by atoms with Gasteiger partial charge in [0.2, 0.25) is 5.91 Å². The number of alkyl halides is 1. The number of likely N-dealkylation sites (tertiary alicyclic amines) is 1. The molecule has 1 N–H and O–H groups in total. The Morgan fingerprint density at radius 3 is 2.33 bits per heavy atom. The number of hydrogen-bond donors (Lipinski definition) is 1. The van der Waals surface area contributed by atoms with Gasteiger partial charge < -0.3 is 10.1 Å². The second-order valence-corrected chi connectivity index (χ2v) is 6.74. The molecule has 1 fully saturated rings. The fourth-order valence-corrected chi connectivity index (χ4v) is 3.34. The lowest BCUT2D eigenvalue weighted by Crippen LogP contribution is -2.61. The van der Waals surface area contributed by atoms with Crippen molar-refractivity contribution in [2.75, 3.05) is 13.1 Å². The molecular weight excluding hydrogens is 347 g/mol. The number of piperidine rings is 1. The first kappa shape index (κ1) is 19.0. The van der Waals surface area contributed by atoms with Gasteiger partial charge in [0.1, 0.15) is 0 Å². The first-order valence-corrected chi connectivity index (χ1v) is 8.96. The van der Waals surface area contributed by atoms with Crippen molar-refractivity contribution >= 4 is 11.9 Å². The molecule has 6 heteroatoms. The van der Waals surface area contributed by atoms with Crippen LogP contribution in [0.4, 0.5) is 4.39 Å². The van der Waals surface area contributed by atoms with E-state index in [-0.39, 0.29) is 12.5 Å². The van der Waals surface area contributed by atoms with Crippen LogP contribution in [0.25, 0.3) is 0 Å². The average molecular weight is 370 g/mol. The second-order valence-electron chi connectivity index (χ2n) is 6.74. The molecule has 0 aromatic heterocycles. The molecule has 3 rings (SSSR count). The highest BCUT2D eigenvalue weighted by Crippen LogP contribution is 2.21. The summed E-state index contributed by atoms with van der Waals surface area (Å²) in [6.45, 7) is 2.48. The fraction of sp³-hybridized carbons (Fsp3) is 0.333. The molecule has 1 aliphatic rings. The highest BCUT2D eigenvalue weighted by Gasteiger charge is 2.40. The zero-order chi connectivity index (χ0) is 19.2. The van der Waals surface area contributed by atoms with Crippen molar-refractivity contribution in [3.63, 3.8) is 0 Å². The predicted octanol–water partition coefficient (Wildman–Crippen LogP) is 2.57. The quantitative estimate of drug-likeness (QED) is 0.822. The van der Waals surface area contributed by atoms with Crippen molar-refractivity contribution in [1.29, 1.82) is 0 Å². The maximum atomic E-state index is 14.9. The normalized spacial score (nSPS) is 22.8. The van der Waals surface area contributed by atoms with Crippen LogP contribution in [0.15, 0.2) is 60.7 Å². The van der Waals surface area contributed by atoms with Crippen molar-refractivity contribution in [1.82, 2.24) is 10.2 Å². The van der Waals surface area contributed by atoms with Crippen LogP contribution in [0.1, 0.15) is 22.8 Å². The van der Waals surface area contributed by atoms with E-state index in [1.54, 1.807) is 30.3 Å². The monoisotopic (exact) mass is 370 g/mol. The van der Waals surface area contributed by atoms with Crippen LogP contribution in [-0.4, -0.2) is 48.2 Å². The van der Waals surface area contributed by atoms with Crippen LogP contribution >= 0.6 is 0 Å². The summed E-state index contributed by atoms with van der Waals surface area (Å²) in [6, 6.07) is 17.6. The minimum atomic E-state index is -1.40. The Morgan fingerprint density at radius 1 is 1.07 bits per heavy atom. The lowest BCUT2D eigenvalue weighted by atomic mass is 9.99. The lowest BCUT2D eigenvalue weighted by molar-refractivity contribution is -0.122. The molecule has 5 nitrogen and oxygen atoms in total. The molecule has 27 heavy (non-hydrogen) atoms. The third kappa shape index (κ3) is 5.14. The number of rotatable bonds is 5. The van der Waals surface area contributed by atoms with Crippen LogP contribution in [0.2, 0.25) is 0 Å². The van der Waals surface area contributed by atoms with Gasteiger partial charge in [-0.2, -0.15) is 0 Å². The molecule has 0 radical (unpaired) electrons. The van der Waals surface area contributed by atoms with E-state index in [0.717, 1.165) is 5.56 Å². The molecule has 1 amide bonds. The molecule has 142 valence electrons. The first-order chi connectivity index (χ1) is 13.0. The maximum absolute atomic E-state index is 14.9. The Balaban J connectivity index is 1.71. The Morgan fingerprint density at radius 2 is 1.70 bits per heavy atom. The Labute approximate surface area is 158 Å². The number of ether oxygens (including phenoxy) is 1. The van der Waals surface area contributed by atoms with Gasteiger partial charge in [-0.25, -0.2) is 9.18 Å². The summed E-state index contributed by atoms with van der Waals surface area (Å²) in [7, 11) is 0. The highest BCUT2D eigenvalue weighted by atomic mass is 19.1. The summed E-state index contributed by atoms with van der Waals surface area (Å²) < 4.78 is 20.4. The number of benzene rings is 2. The van der Waals surface area contributed by atoms with Gasteiger partial charge in [-0.3, -0.25) is 9.69 Å². The SMILES string of the molecule is CC(=O)N[C@H]1CN(Cc2ccccc2)C[C@H](F)[C@@H]1OC(=O)c1ccccc1. The number of carbonyl (C=O) groups excluding carboxylic acids is 2. The smallest absolute Gasteiger partial charge is 0.338 e. The summed E-state index contributed by atoms with van der Waals surface area (Å²) in [4.78, 5) is 25.9. The molecule has 0 saturated carbocycles. The van der Waals surface area contributed by atoms with Crippen molar-refractivity contribution in [2.24, 2.45) is 0 Å². The van der Waals surface area contributed by atoms with Crippen LogP contribution in [0.5, 0.6) is 0 Å². The standard InChI is InChI=1S/C21H23FN2O3/c1-15(25)23-19-14-24(12-16-8-4-2-5-9-16)13-18(22)20(19)27-21(26)17-10-6-3-7-11-17/h2-11,18-20H,12-14H2,1H3,(H,23,25)/t18-,19-,20-/m0/s1. The Bertz CT molecular complexity index is 770. The third-order valence-corrected chi connectivity index (χ3v) is 4.53.